The molecule has 6 heteroatoms. The average Bonchev–Trinajstić information content (AvgIpc) is 3.20. The quantitative estimate of drug-likeness (QED) is 0.724. The molecule has 1 aromatic heterocycles. The Morgan fingerprint density at radius 3 is 2.80 bits per heavy atom. The number of fused-ring (bicyclic) bond motifs is 4. The van der Waals surface area contributed by atoms with Crippen LogP contribution < -0.4 is 21.3 Å². The van der Waals surface area contributed by atoms with Gasteiger partial charge in [-0.15, -0.1) is 0 Å². The van der Waals surface area contributed by atoms with Gasteiger partial charge in [0.05, 0.1) is 18.0 Å². The topological polar surface area (TPSA) is 65.3 Å². The molecule has 3 atom stereocenters. The van der Waals surface area contributed by atoms with Gasteiger partial charge in [-0.3, -0.25) is 13.9 Å². The van der Waals surface area contributed by atoms with Crippen LogP contribution in [0.5, 0.6) is 5.75 Å². The van der Waals surface area contributed by atoms with E-state index < -0.39 is 0 Å². The van der Waals surface area contributed by atoms with Crippen LogP contribution in [0.3, 0.4) is 0 Å². The van der Waals surface area contributed by atoms with E-state index in [1.54, 1.807) is 24.8 Å². The molecule has 30 heavy (non-hydrogen) atoms. The molecule has 2 heterocycles. The zero-order valence-corrected chi connectivity index (χ0v) is 17.4. The molecule has 1 fully saturated rings. The lowest BCUT2D eigenvalue weighted by Gasteiger charge is -2.31. The van der Waals surface area contributed by atoms with E-state index in [0.29, 0.717) is 35.3 Å². The molecule has 1 aliphatic heterocycles. The molecule has 0 spiro atoms. The Kier molecular flexibility index (Phi) is 4.74. The van der Waals surface area contributed by atoms with E-state index in [0.717, 1.165) is 31.6 Å². The molecular weight excluding hydrogens is 378 g/mol. The Balaban J connectivity index is 1.40. The van der Waals surface area contributed by atoms with Crippen LogP contribution >= 0.6 is 0 Å². The van der Waals surface area contributed by atoms with Crippen molar-refractivity contribution in [2.75, 3.05) is 13.7 Å². The molecule has 0 radical (unpaired) electrons. The van der Waals surface area contributed by atoms with Gasteiger partial charge in [-0.2, -0.15) is 0 Å². The van der Waals surface area contributed by atoms with E-state index in [1.165, 1.54) is 15.7 Å². The third kappa shape index (κ3) is 2.89. The molecule has 0 amide bonds. The second kappa shape index (κ2) is 7.43. The van der Waals surface area contributed by atoms with Gasteiger partial charge in [0, 0.05) is 32.1 Å². The third-order valence-corrected chi connectivity index (χ3v) is 7.07. The van der Waals surface area contributed by atoms with Crippen LogP contribution in [0.4, 0.5) is 0 Å². The lowest BCUT2D eigenvalue weighted by atomic mass is 9.74. The van der Waals surface area contributed by atoms with E-state index >= 15 is 0 Å². The largest absolute Gasteiger partial charge is 0.496 e. The van der Waals surface area contributed by atoms with E-state index in [1.807, 2.05) is 24.3 Å². The third-order valence-electron chi connectivity index (χ3n) is 7.07. The molecule has 1 aliphatic carbocycles. The average molecular weight is 405 g/mol. The maximum atomic E-state index is 12.9. The molecule has 1 N–H and O–H groups in total. The molecule has 5 rings (SSSR count). The summed E-state index contributed by atoms with van der Waals surface area (Å²) in [5.41, 5.74) is 2.97. The fraction of sp³-hybridized carbons (Fsp3) is 0.417. The SMILES string of the molecule is COc1cccc2c1CC[C@H]1C(CCn3c(=O)c4ccccc4n(C)c3=O)NC[C@@H]21. The summed E-state index contributed by atoms with van der Waals surface area (Å²) in [5.74, 6) is 1.97. The van der Waals surface area contributed by atoms with Crippen molar-refractivity contribution < 1.29 is 4.74 Å². The molecule has 156 valence electrons. The Labute approximate surface area is 175 Å². The number of aryl methyl sites for hydroxylation is 1. The molecule has 1 unspecified atom stereocenters. The van der Waals surface area contributed by atoms with Crippen molar-refractivity contribution in [1.82, 2.24) is 14.5 Å². The summed E-state index contributed by atoms with van der Waals surface area (Å²) in [6, 6.07) is 14.0. The number of methoxy groups -OCH3 is 1. The first-order valence-electron chi connectivity index (χ1n) is 10.7. The van der Waals surface area contributed by atoms with Crippen LogP contribution in [0.25, 0.3) is 10.9 Å². The Hall–Kier alpha value is -2.86. The summed E-state index contributed by atoms with van der Waals surface area (Å²) in [7, 11) is 3.47. The summed E-state index contributed by atoms with van der Waals surface area (Å²) in [6.45, 7) is 1.36. The molecule has 6 nitrogen and oxygen atoms in total. The van der Waals surface area contributed by atoms with Crippen molar-refractivity contribution in [2.24, 2.45) is 13.0 Å². The molecule has 0 saturated carbocycles. The van der Waals surface area contributed by atoms with Gasteiger partial charge < -0.3 is 10.1 Å². The Morgan fingerprint density at radius 1 is 1.13 bits per heavy atom. The van der Waals surface area contributed by atoms with Gasteiger partial charge in [-0.25, -0.2) is 4.79 Å². The highest BCUT2D eigenvalue weighted by molar-refractivity contribution is 5.77. The first-order chi connectivity index (χ1) is 14.6. The second-order valence-corrected chi connectivity index (χ2v) is 8.46. The van der Waals surface area contributed by atoms with Crippen molar-refractivity contribution in [3.8, 4) is 5.75 Å². The van der Waals surface area contributed by atoms with E-state index in [2.05, 4.69) is 17.4 Å². The molecule has 3 aromatic rings. The number of aromatic nitrogens is 2. The maximum absolute atomic E-state index is 12.9. The monoisotopic (exact) mass is 405 g/mol. The number of ether oxygens (including phenoxy) is 1. The number of nitrogens with zero attached hydrogens (tertiary/aromatic N) is 2. The van der Waals surface area contributed by atoms with Crippen molar-refractivity contribution in [2.45, 2.75) is 37.8 Å². The van der Waals surface area contributed by atoms with Crippen molar-refractivity contribution >= 4 is 10.9 Å². The van der Waals surface area contributed by atoms with Crippen LogP contribution in [0, 0.1) is 5.92 Å². The number of hydrogen-bond donors (Lipinski definition) is 1. The standard InChI is InChI=1S/C24H27N3O3/c1-26-21-8-4-3-6-18(21)23(28)27(24(26)29)13-12-20-16-10-11-17-15(19(16)14-25-20)7-5-9-22(17)30-2/h3-9,16,19-20,25H,10-14H2,1-2H3/t16-,19+,20?/m1/s1. The Morgan fingerprint density at radius 2 is 1.97 bits per heavy atom. The smallest absolute Gasteiger partial charge is 0.331 e. The highest BCUT2D eigenvalue weighted by Gasteiger charge is 2.40. The van der Waals surface area contributed by atoms with Crippen molar-refractivity contribution in [3.63, 3.8) is 0 Å². The first kappa shape index (κ1) is 19.1. The summed E-state index contributed by atoms with van der Waals surface area (Å²) >= 11 is 0. The van der Waals surface area contributed by atoms with Crippen LogP contribution in [0.15, 0.2) is 52.1 Å². The van der Waals surface area contributed by atoms with Crippen molar-refractivity contribution in [1.29, 1.82) is 0 Å². The fourth-order valence-electron chi connectivity index (χ4n) is 5.55. The van der Waals surface area contributed by atoms with Gasteiger partial charge >= 0.3 is 5.69 Å². The summed E-state index contributed by atoms with van der Waals surface area (Å²) < 4.78 is 8.54. The molecular formula is C24H27N3O3. The minimum absolute atomic E-state index is 0.193. The number of hydrogen-bond acceptors (Lipinski definition) is 4. The number of para-hydroxylation sites is 1. The summed E-state index contributed by atoms with van der Waals surface area (Å²) in [5, 5.41) is 4.27. The van der Waals surface area contributed by atoms with Gasteiger partial charge in [0.15, 0.2) is 0 Å². The van der Waals surface area contributed by atoms with E-state index in [-0.39, 0.29) is 11.2 Å². The fourth-order valence-corrected chi connectivity index (χ4v) is 5.55. The second-order valence-electron chi connectivity index (χ2n) is 8.46. The minimum atomic E-state index is -0.244. The normalized spacial score (nSPS) is 22.7. The summed E-state index contributed by atoms with van der Waals surface area (Å²) in [4.78, 5) is 25.8. The number of benzene rings is 2. The first-order valence-corrected chi connectivity index (χ1v) is 10.7. The van der Waals surface area contributed by atoms with Crippen LogP contribution in [-0.2, 0) is 20.0 Å². The summed E-state index contributed by atoms with van der Waals surface area (Å²) in [6.07, 6.45) is 2.88. The predicted molar refractivity (Wildman–Crippen MR) is 117 cm³/mol. The van der Waals surface area contributed by atoms with Gasteiger partial charge in [0.1, 0.15) is 5.75 Å². The maximum Gasteiger partial charge on any atom is 0.331 e. The highest BCUT2D eigenvalue weighted by Crippen LogP contribution is 2.44. The lowest BCUT2D eigenvalue weighted by molar-refractivity contribution is 0.337. The van der Waals surface area contributed by atoms with Crippen LogP contribution in [0.2, 0.25) is 0 Å². The number of nitrogens with one attached hydrogen (secondary N) is 1. The van der Waals surface area contributed by atoms with Gasteiger partial charge in [0.25, 0.3) is 5.56 Å². The predicted octanol–water partition coefficient (Wildman–Crippen LogP) is 2.42. The lowest BCUT2D eigenvalue weighted by Crippen LogP contribution is -2.41. The zero-order valence-electron chi connectivity index (χ0n) is 17.4. The number of rotatable bonds is 4. The highest BCUT2D eigenvalue weighted by atomic mass is 16.5. The molecule has 0 bridgehead atoms. The van der Waals surface area contributed by atoms with Crippen LogP contribution in [0.1, 0.15) is 29.9 Å². The van der Waals surface area contributed by atoms with Crippen LogP contribution in [-0.4, -0.2) is 28.8 Å². The van der Waals surface area contributed by atoms with E-state index in [4.69, 9.17) is 4.74 Å². The Bertz CT molecular complexity index is 1230. The van der Waals surface area contributed by atoms with Gasteiger partial charge in [0.2, 0.25) is 0 Å². The van der Waals surface area contributed by atoms with Gasteiger partial charge in [-0.1, -0.05) is 24.3 Å². The minimum Gasteiger partial charge on any atom is -0.496 e. The van der Waals surface area contributed by atoms with E-state index in [9.17, 15) is 9.59 Å². The molecule has 1 saturated heterocycles. The molecule has 2 aromatic carbocycles. The zero-order chi connectivity index (χ0) is 20.8. The van der Waals surface area contributed by atoms with Gasteiger partial charge in [-0.05, 0) is 54.5 Å². The van der Waals surface area contributed by atoms with Crippen molar-refractivity contribution in [3.05, 3.63) is 74.4 Å². The molecule has 2 aliphatic rings.